The molecule has 158 valence electrons. The maximum atomic E-state index is 12.6. The van der Waals surface area contributed by atoms with Gasteiger partial charge < -0.3 is 9.84 Å². The van der Waals surface area contributed by atoms with E-state index in [1.165, 1.54) is 24.3 Å². The van der Waals surface area contributed by atoms with Crippen LogP contribution in [-0.2, 0) is 9.59 Å². The Hall–Kier alpha value is -3.99. The summed E-state index contributed by atoms with van der Waals surface area (Å²) in [5, 5.41) is 18.8. The number of thioether (sulfide) groups is 1. The number of imide groups is 1. The second-order valence-corrected chi connectivity index (χ2v) is 7.21. The first-order valence-corrected chi connectivity index (χ1v) is 9.54. The lowest BCUT2D eigenvalue weighted by molar-refractivity contribution is -0.384. The predicted octanol–water partition coefficient (Wildman–Crippen LogP) is 2.98. The van der Waals surface area contributed by atoms with Gasteiger partial charge in [0.05, 0.1) is 16.4 Å². The number of para-hydroxylation sites is 1. The molecular weight excluding hydrogens is 428 g/mol. The Morgan fingerprint density at radius 2 is 1.81 bits per heavy atom. The molecule has 0 aromatic heterocycles. The fourth-order valence-electron chi connectivity index (χ4n) is 2.65. The number of ketones is 1. The van der Waals surface area contributed by atoms with Crippen LogP contribution in [0.15, 0.2) is 53.4 Å². The number of Topliss-reactive ketones (excluding diaryl/α,β-unsaturated/α-hetero) is 1. The maximum Gasteiger partial charge on any atom is 0.341 e. The van der Waals surface area contributed by atoms with Crippen LogP contribution in [0.25, 0.3) is 6.08 Å². The SMILES string of the molecule is O=C(O)COc1ccccc1/C=C1/SC(=O)N(CC(=O)c2ccc([N+](=O)[O-])cc2)C1=O. The highest BCUT2D eigenvalue weighted by Crippen LogP contribution is 2.34. The van der Waals surface area contributed by atoms with E-state index in [0.717, 1.165) is 17.0 Å². The molecule has 0 bridgehead atoms. The van der Waals surface area contributed by atoms with Crippen LogP contribution in [0.5, 0.6) is 5.75 Å². The predicted molar refractivity (Wildman–Crippen MR) is 110 cm³/mol. The van der Waals surface area contributed by atoms with Gasteiger partial charge in [-0.25, -0.2) is 4.79 Å². The molecule has 1 aliphatic rings. The smallest absolute Gasteiger partial charge is 0.341 e. The van der Waals surface area contributed by atoms with Crippen molar-refractivity contribution >= 4 is 46.4 Å². The van der Waals surface area contributed by atoms with Gasteiger partial charge in [-0.2, -0.15) is 0 Å². The van der Waals surface area contributed by atoms with Crippen LogP contribution in [0.2, 0.25) is 0 Å². The second kappa shape index (κ2) is 9.22. The highest BCUT2D eigenvalue weighted by Gasteiger charge is 2.36. The number of hydrogen-bond donors (Lipinski definition) is 1. The van der Waals surface area contributed by atoms with E-state index in [1.807, 2.05) is 0 Å². The van der Waals surface area contributed by atoms with Gasteiger partial charge in [0.1, 0.15) is 5.75 Å². The summed E-state index contributed by atoms with van der Waals surface area (Å²) in [6, 6.07) is 11.2. The number of amides is 2. The van der Waals surface area contributed by atoms with Gasteiger partial charge in [-0.3, -0.25) is 29.4 Å². The molecule has 2 amide bonds. The zero-order valence-corrected chi connectivity index (χ0v) is 16.5. The number of carbonyl (C=O) groups excluding carboxylic acids is 3. The lowest BCUT2D eigenvalue weighted by Crippen LogP contribution is -2.33. The number of hydrogen-bond acceptors (Lipinski definition) is 8. The molecule has 1 heterocycles. The van der Waals surface area contributed by atoms with Gasteiger partial charge in [0.25, 0.3) is 16.8 Å². The van der Waals surface area contributed by atoms with Crippen molar-refractivity contribution in [1.29, 1.82) is 0 Å². The summed E-state index contributed by atoms with van der Waals surface area (Å²) >= 11 is 0.638. The minimum absolute atomic E-state index is 0.0490. The molecule has 0 saturated carbocycles. The molecule has 0 aliphatic carbocycles. The number of nitrogens with zero attached hydrogens (tertiary/aromatic N) is 2. The lowest BCUT2D eigenvalue weighted by atomic mass is 10.1. The number of benzene rings is 2. The second-order valence-electron chi connectivity index (χ2n) is 6.22. The molecule has 1 fully saturated rings. The highest BCUT2D eigenvalue weighted by molar-refractivity contribution is 8.18. The van der Waals surface area contributed by atoms with Crippen LogP contribution in [0.3, 0.4) is 0 Å². The van der Waals surface area contributed by atoms with E-state index in [1.54, 1.807) is 18.2 Å². The van der Waals surface area contributed by atoms with Gasteiger partial charge in [0.15, 0.2) is 12.4 Å². The van der Waals surface area contributed by atoms with Crippen molar-refractivity contribution in [3.05, 3.63) is 74.7 Å². The van der Waals surface area contributed by atoms with Crippen molar-refractivity contribution in [2.45, 2.75) is 0 Å². The Balaban J connectivity index is 1.76. The quantitative estimate of drug-likeness (QED) is 0.282. The Bertz CT molecular complexity index is 1110. The van der Waals surface area contributed by atoms with E-state index >= 15 is 0 Å². The summed E-state index contributed by atoms with van der Waals surface area (Å²) in [6.07, 6.45) is 1.39. The van der Waals surface area contributed by atoms with Crippen LogP contribution in [0.1, 0.15) is 15.9 Å². The molecule has 3 rings (SSSR count). The third-order valence-corrected chi connectivity index (χ3v) is 5.04. The monoisotopic (exact) mass is 442 g/mol. The summed E-state index contributed by atoms with van der Waals surface area (Å²) < 4.78 is 5.18. The van der Waals surface area contributed by atoms with Gasteiger partial charge in [-0.15, -0.1) is 0 Å². The van der Waals surface area contributed by atoms with Crippen LogP contribution >= 0.6 is 11.8 Å². The number of nitro groups is 1. The summed E-state index contributed by atoms with van der Waals surface area (Å²) in [7, 11) is 0. The number of rotatable bonds is 8. The Morgan fingerprint density at radius 1 is 1.13 bits per heavy atom. The van der Waals surface area contributed by atoms with Gasteiger partial charge in [-0.05, 0) is 36.0 Å². The van der Waals surface area contributed by atoms with Crippen molar-refractivity contribution in [3.8, 4) is 5.75 Å². The van der Waals surface area contributed by atoms with Crippen molar-refractivity contribution in [3.63, 3.8) is 0 Å². The summed E-state index contributed by atoms with van der Waals surface area (Å²) in [6.45, 7) is -1.09. The van der Waals surface area contributed by atoms with Crippen molar-refractivity contribution in [1.82, 2.24) is 4.90 Å². The van der Waals surface area contributed by atoms with Gasteiger partial charge in [-0.1, -0.05) is 18.2 Å². The first-order chi connectivity index (χ1) is 14.8. The standard InChI is InChI=1S/C20H14N2O8S/c23-15(12-5-7-14(8-6-12)22(28)29)10-21-19(26)17(31-20(21)27)9-13-3-1-2-4-16(13)30-11-18(24)25/h1-9H,10-11H2,(H,24,25)/b17-9+. The zero-order valence-electron chi connectivity index (χ0n) is 15.7. The summed E-state index contributed by atoms with van der Waals surface area (Å²) in [5.41, 5.74) is 0.339. The Kier molecular flexibility index (Phi) is 6.46. The van der Waals surface area contributed by atoms with E-state index in [2.05, 4.69) is 0 Å². The van der Waals surface area contributed by atoms with Gasteiger partial charge in [0.2, 0.25) is 0 Å². The van der Waals surface area contributed by atoms with Crippen molar-refractivity contribution < 1.29 is 33.9 Å². The van der Waals surface area contributed by atoms with E-state index in [9.17, 15) is 29.3 Å². The molecule has 0 radical (unpaired) electrons. The molecule has 0 atom stereocenters. The average molecular weight is 442 g/mol. The van der Waals surface area contributed by atoms with Gasteiger partial charge >= 0.3 is 5.97 Å². The largest absolute Gasteiger partial charge is 0.481 e. The molecule has 1 aliphatic heterocycles. The topological polar surface area (TPSA) is 144 Å². The molecule has 1 N–H and O–H groups in total. The molecule has 0 spiro atoms. The summed E-state index contributed by atoms with van der Waals surface area (Å²) in [4.78, 5) is 59.0. The van der Waals surface area contributed by atoms with Crippen molar-refractivity contribution in [2.75, 3.05) is 13.2 Å². The molecular formula is C20H14N2O8S. The van der Waals surface area contributed by atoms with Crippen LogP contribution in [-0.4, -0.2) is 51.0 Å². The molecule has 31 heavy (non-hydrogen) atoms. The number of carbonyl (C=O) groups is 4. The first-order valence-electron chi connectivity index (χ1n) is 8.73. The fraction of sp³-hybridized carbons (Fsp3) is 0.100. The zero-order chi connectivity index (χ0) is 22.5. The first kappa shape index (κ1) is 21.7. The number of non-ortho nitro benzene ring substituents is 1. The van der Waals surface area contributed by atoms with Crippen LogP contribution in [0.4, 0.5) is 10.5 Å². The van der Waals surface area contributed by atoms with E-state index in [0.29, 0.717) is 17.3 Å². The molecule has 1 saturated heterocycles. The van der Waals surface area contributed by atoms with E-state index in [-0.39, 0.29) is 21.9 Å². The Morgan fingerprint density at radius 3 is 2.45 bits per heavy atom. The van der Waals surface area contributed by atoms with Gasteiger partial charge in [0, 0.05) is 23.3 Å². The molecule has 0 unspecified atom stereocenters. The molecule has 10 nitrogen and oxygen atoms in total. The third-order valence-electron chi connectivity index (χ3n) is 4.13. The third kappa shape index (κ3) is 5.14. The van der Waals surface area contributed by atoms with Crippen LogP contribution in [0, 0.1) is 10.1 Å². The Labute approximate surface area is 179 Å². The average Bonchev–Trinajstić information content (AvgIpc) is 3.00. The number of nitro benzene ring substituents is 1. The molecule has 2 aromatic rings. The molecule has 11 heteroatoms. The highest BCUT2D eigenvalue weighted by atomic mass is 32.2. The summed E-state index contributed by atoms with van der Waals surface area (Å²) in [5.74, 6) is -2.18. The van der Waals surface area contributed by atoms with Crippen LogP contribution < -0.4 is 4.74 Å². The maximum absolute atomic E-state index is 12.6. The minimum Gasteiger partial charge on any atom is -0.481 e. The number of carboxylic acid groups (broad SMARTS) is 1. The number of ether oxygens (including phenoxy) is 1. The number of carboxylic acids is 1. The minimum atomic E-state index is -1.17. The fourth-order valence-corrected chi connectivity index (χ4v) is 3.48. The molecule has 2 aromatic carbocycles. The van der Waals surface area contributed by atoms with E-state index in [4.69, 9.17) is 9.84 Å². The normalized spacial score (nSPS) is 14.7. The lowest BCUT2D eigenvalue weighted by Gasteiger charge is -2.11. The number of aliphatic carboxylic acids is 1. The van der Waals surface area contributed by atoms with E-state index < -0.39 is 41.0 Å². The van der Waals surface area contributed by atoms with Crippen molar-refractivity contribution in [2.24, 2.45) is 0 Å².